The van der Waals surface area contributed by atoms with E-state index in [-0.39, 0.29) is 22.7 Å². The number of rotatable bonds is 4. The van der Waals surface area contributed by atoms with Gasteiger partial charge in [0, 0.05) is 14.9 Å². The average molecular weight is 495 g/mol. The van der Waals surface area contributed by atoms with Crippen LogP contribution in [0.5, 0.6) is 0 Å². The van der Waals surface area contributed by atoms with Crippen molar-refractivity contribution in [2.75, 3.05) is 0 Å². The number of nitrogens with zero attached hydrogens (tertiary/aromatic N) is 2. The second-order valence-electron chi connectivity index (χ2n) is 5.98. The molecule has 3 nitrogen and oxygen atoms in total. The van der Waals surface area contributed by atoms with Gasteiger partial charge in [0.1, 0.15) is 10.3 Å². The molecule has 146 valence electrons. The van der Waals surface area contributed by atoms with Crippen molar-refractivity contribution >= 4 is 86.7 Å². The highest BCUT2D eigenvalue weighted by Gasteiger charge is 2.28. The van der Waals surface area contributed by atoms with E-state index in [1.807, 2.05) is 19.1 Å². The number of carbonyl (C=O) groups is 1. The van der Waals surface area contributed by atoms with Gasteiger partial charge < -0.3 is 0 Å². The Morgan fingerprint density at radius 1 is 1.14 bits per heavy atom. The van der Waals surface area contributed by atoms with Gasteiger partial charge in [-0.1, -0.05) is 64.1 Å². The van der Waals surface area contributed by atoms with Crippen molar-refractivity contribution in [3.05, 3.63) is 71.8 Å². The fourth-order valence-electron chi connectivity index (χ4n) is 2.68. The van der Waals surface area contributed by atoms with E-state index in [9.17, 15) is 4.79 Å². The highest BCUT2D eigenvalue weighted by molar-refractivity contribution is 7.16. The first-order valence-corrected chi connectivity index (χ1v) is 10.8. The highest BCUT2D eigenvalue weighted by atomic mass is 35.5. The van der Waals surface area contributed by atoms with Gasteiger partial charge in [0.15, 0.2) is 0 Å². The van der Waals surface area contributed by atoms with E-state index in [1.165, 1.54) is 16.2 Å². The van der Waals surface area contributed by atoms with E-state index in [0.717, 1.165) is 4.88 Å². The third kappa shape index (κ3) is 5.12. The Morgan fingerprint density at radius 3 is 2.32 bits per heavy atom. The molecular weight excluding hydrogens is 482 g/mol. The lowest BCUT2D eigenvalue weighted by molar-refractivity contribution is -0.121. The first-order chi connectivity index (χ1) is 13.2. The Morgan fingerprint density at radius 2 is 1.82 bits per heavy atom. The van der Waals surface area contributed by atoms with Crippen LogP contribution in [0.25, 0.3) is 5.57 Å². The number of benzene rings is 1. The van der Waals surface area contributed by atoms with Gasteiger partial charge in [-0.25, -0.2) is 0 Å². The molecule has 1 aromatic carbocycles. The lowest BCUT2D eigenvalue weighted by Gasteiger charge is -2.23. The lowest BCUT2D eigenvalue weighted by Crippen LogP contribution is -2.35. The molecule has 1 unspecified atom stereocenters. The summed E-state index contributed by atoms with van der Waals surface area (Å²) in [5.41, 5.74) is 0.512. The summed E-state index contributed by atoms with van der Waals surface area (Å²) in [6.45, 7) is 2.20. The Labute approximate surface area is 191 Å². The van der Waals surface area contributed by atoms with Crippen LogP contribution in [0.4, 0.5) is 0 Å². The van der Waals surface area contributed by atoms with Gasteiger partial charge in [-0.05, 0) is 48.9 Å². The highest BCUT2D eigenvalue weighted by Crippen LogP contribution is 2.32. The fraction of sp³-hybridized carbons (Fsp3) is 0.158. The molecule has 0 aliphatic carbocycles. The molecule has 0 saturated heterocycles. The van der Waals surface area contributed by atoms with Gasteiger partial charge in [-0.2, -0.15) is 0 Å². The first-order valence-electron chi connectivity index (χ1n) is 8.08. The van der Waals surface area contributed by atoms with E-state index >= 15 is 0 Å². The van der Waals surface area contributed by atoms with Crippen LogP contribution in [-0.4, -0.2) is 22.7 Å². The molecule has 1 aliphatic rings. The maximum atomic E-state index is 13.5. The molecule has 1 aromatic heterocycles. The van der Waals surface area contributed by atoms with Crippen molar-refractivity contribution in [2.24, 2.45) is 4.99 Å². The Bertz CT molecular complexity index is 987. The van der Waals surface area contributed by atoms with Crippen LogP contribution in [-0.2, 0) is 11.3 Å². The maximum Gasteiger partial charge on any atom is 0.262 e. The topological polar surface area (TPSA) is 32.7 Å². The SMILES string of the molecule is CC1C=CC(N(Cc2ccc(Cl)s2)C(=O)C(=C(Cl)Cl)c2cc(Cl)cc(Cl)c2)=N1. The van der Waals surface area contributed by atoms with E-state index < -0.39 is 5.91 Å². The third-order valence-corrected chi connectivity index (χ3v) is 5.91. The molecule has 28 heavy (non-hydrogen) atoms. The van der Waals surface area contributed by atoms with Crippen LogP contribution in [0.2, 0.25) is 14.4 Å². The lowest BCUT2D eigenvalue weighted by atomic mass is 10.1. The summed E-state index contributed by atoms with van der Waals surface area (Å²) < 4.78 is 0.445. The molecule has 1 aliphatic heterocycles. The van der Waals surface area contributed by atoms with E-state index in [0.29, 0.717) is 25.8 Å². The number of aliphatic imine (C=N–C) groups is 1. The van der Waals surface area contributed by atoms with Crippen molar-refractivity contribution in [3.63, 3.8) is 0 Å². The number of amides is 1. The van der Waals surface area contributed by atoms with Gasteiger partial charge >= 0.3 is 0 Å². The number of thiophene rings is 1. The normalized spacial score (nSPS) is 15.5. The minimum atomic E-state index is -0.416. The summed E-state index contributed by atoms with van der Waals surface area (Å²) in [5.74, 6) is 0.0996. The fourth-order valence-corrected chi connectivity index (χ4v) is 4.66. The number of carbonyl (C=O) groups excluding carboxylic acids is 1. The molecule has 9 heteroatoms. The molecule has 0 spiro atoms. The van der Waals surface area contributed by atoms with Crippen molar-refractivity contribution in [2.45, 2.75) is 19.5 Å². The molecule has 0 radical (unpaired) electrons. The van der Waals surface area contributed by atoms with E-state index in [1.54, 1.807) is 30.3 Å². The van der Waals surface area contributed by atoms with Crippen molar-refractivity contribution in [3.8, 4) is 0 Å². The Kier molecular flexibility index (Phi) is 7.13. The number of hydrogen-bond acceptors (Lipinski definition) is 3. The number of halogens is 5. The van der Waals surface area contributed by atoms with Gasteiger partial charge in [0.25, 0.3) is 5.91 Å². The molecule has 2 heterocycles. The third-order valence-electron chi connectivity index (χ3n) is 3.88. The smallest absolute Gasteiger partial charge is 0.262 e. The van der Waals surface area contributed by atoms with Crippen LogP contribution in [0.3, 0.4) is 0 Å². The van der Waals surface area contributed by atoms with E-state index in [4.69, 9.17) is 58.0 Å². The van der Waals surface area contributed by atoms with Crippen LogP contribution >= 0.6 is 69.3 Å². The molecular formula is C19H13Cl5N2OS. The summed E-state index contributed by atoms with van der Waals surface area (Å²) in [7, 11) is 0. The van der Waals surface area contributed by atoms with Crippen molar-refractivity contribution in [1.29, 1.82) is 0 Å². The predicted octanol–water partition coefficient (Wildman–Crippen LogP) is 7.24. The molecule has 0 saturated carbocycles. The van der Waals surface area contributed by atoms with Crippen molar-refractivity contribution < 1.29 is 4.79 Å². The van der Waals surface area contributed by atoms with Crippen LogP contribution in [0, 0.1) is 0 Å². The van der Waals surface area contributed by atoms with E-state index in [2.05, 4.69) is 4.99 Å². The van der Waals surface area contributed by atoms with Gasteiger partial charge in [-0.15, -0.1) is 11.3 Å². The second kappa shape index (κ2) is 9.21. The molecule has 1 amide bonds. The molecule has 0 N–H and O–H groups in total. The van der Waals surface area contributed by atoms with Crippen LogP contribution in [0.15, 0.2) is 52.0 Å². The Hall–Kier alpha value is -1.01. The van der Waals surface area contributed by atoms with Gasteiger partial charge in [0.05, 0.1) is 22.5 Å². The zero-order valence-corrected chi connectivity index (χ0v) is 19.0. The molecule has 2 aromatic rings. The minimum absolute atomic E-state index is 0.0308. The number of amidine groups is 1. The van der Waals surface area contributed by atoms with Gasteiger partial charge in [0.2, 0.25) is 0 Å². The summed E-state index contributed by atoms with van der Waals surface area (Å²) in [4.78, 5) is 20.4. The molecule has 0 bridgehead atoms. The summed E-state index contributed by atoms with van der Waals surface area (Å²) >= 11 is 31.8. The second-order valence-corrected chi connectivity index (χ2v) is 9.60. The molecule has 0 fully saturated rings. The monoisotopic (exact) mass is 492 g/mol. The maximum absolute atomic E-state index is 13.5. The minimum Gasteiger partial charge on any atom is -0.288 e. The van der Waals surface area contributed by atoms with Crippen LogP contribution in [0.1, 0.15) is 17.4 Å². The average Bonchev–Trinajstić information content (AvgIpc) is 3.19. The zero-order valence-electron chi connectivity index (χ0n) is 14.4. The summed E-state index contributed by atoms with van der Waals surface area (Å²) in [6.07, 6.45) is 3.70. The van der Waals surface area contributed by atoms with Crippen LogP contribution < -0.4 is 0 Å². The quantitative estimate of drug-likeness (QED) is 0.412. The predicted molar refractivity (Wildman–Crippen MR) is 121 cm³/mol. The largest absolute Gasteiger partial charge is 0.288 e. The summed E-state index contributed by atoms with van der Waals surface area (Å²) in [6, 6.07) is 8.34. The zero-order chi connectivity index (χ0) is 20.4. The Balaban J connectivity index is 2.04. The summed E-state index contributed by atoms with van der Waals surface area (Å²) in [5, 5.41) is 0.733. The molecule has 3 rings (SSSR count). The molecule has 1 atom stereocenters. The van der Waals surface area contributed by atoms with Gasteiger partial charge in [-0.3, -0.25) is 14.7 Å². The standard InChI is InChI=1S/C19H13Cl5N2OS/c1-10-2-5-16(25-10)26(9-14-3-4-15(22)28-14)19(27)17(18(23)24)11-6-12(20)8-13(21)7-11/h2-8,10H,9H2,1H3. The first kappa shape index (κ1) is 21.7. The number of hydrogen-bond donors (Lipinski definition) is 0. The van der Waals surface area contributed by atoms with Crippen molar-refractivity contribution in [1.82, 2.24) is 4.90 Å².